The highest BCUT2D eigenvalue weighted by molar-refractivity contribution is 5.12. The summed E-state index contributed by atoms with van der Waals surface area (Å²) in [6.45, 7) is 7.53. The van der Waals surface area contributed by atoms with Crippen LogP contribution in [0.15, 0.2) is 0 Å². The molecule has 1 spiro atoms. The van der Waals surface area contributed by atoms with Gasteiger partial charge in [0.2, 0.25) is 0 Å². The molecule has 0 aromatic carbocycles. The highest BCUT2D eigenvalue weighted by atomic mass is 16.6. The van der Waals surface area contributed by atoms with Gasteiger partial charge in [0.25, 0.3) is 0 Å². The molecule has 1 saturated heterocycles. The van der Waals surface area contributed by atoms with Crippen molar-refractivity contribution in [3.63, 3.8) is 0 Å². The van der Waals surface area contributed by atoms with E-state index in [9.17, 15) is 10.4 Å². The van der Waals surface area contributed by atoms with Crippen molar-refractivity contribution in [2.45, 2.75) is 76.5 Å². The maximum absolute atomic E-state index is 12.5. The Kier molecular flexibility index (Phi) is 2.63. The van der Waals surface area contributed by atoms with Crippen molar-refractivity contribution in [1.29, 1.82) is 0 Å². The van der Waals surface area contributed by atoms with Crippen LogP contribution in [0.2, 0.25) is 0 Å². The van der Waals surface area contributed by atoms with Gasteiger partial charge in [0, 0.05) is 0 Å². The minimum absolute atomic E-state index is 0.619. The van der Waals surface area contributed by atoms with Crippen molar-refractivity contribution >= 4 is 0 Å². The van der Waals surface area contributed by atoms with Gasteiger partial charge in [0.05, 0.1) is 11.1 Å². The standard InChI is InChI=1S/C12H22N2O2/c1-10(2)11(3,4)14(16)12(13(10)15)8-6-5-7-9-12/h5-9H2,1-4H3. The maximum Gasteiger partial charge on any atom is 0.128 e. The Labute approximate surface area is 97.8 Å². The molecule has 0 bridgehead atoms. The second-order valence-corrected chi connectivity index (χ2v) is 6.25. The molecule has 0 aromatic rings. The fourth-order valence-corrected chi connectivity index (χ4v) is 3.14. The summed E-state index contributed by atoms with van der Waals surface area (Å²) in [5.74, 6) is 0. The van der Waals surface area contributed by atoms with E-state index in [1.807, 2.05) is 27.7 Å². The molecule has 0 amide bonds. The molecule has 16 heavy (non-hydrogen) atoms. The van der Waals surface area contributed by atoms with E-state index in [0.717, 1.165) is 29.4 Å². The third-order valence-electron chi connectivity index (χ3n) is 4.92. The highest BCUT2D eigenvalue weighted by Gasteiger charge is 2.67. The van der Waals surface area contributed by atoms with Crippen LogP contribution in [0.1, 0.15) is 59.8 Å². The number of hydrogen-bond donors (Lipinski definition) is 0. The SMILES string of the molecule is CC1(C)N([O])C2(CCCCC2)N([O])C1(C)C. The van der Waals surface area contributed by atoms with Crippen LogP contribution in [0, 0.1) is 0 Å². The maximum atomic E-state index is 12.5. The summed E-state index contributed by atoms with van der Waals surface area (Å²) in [7, 11) is 0. The molecule has 2 rings (SSSR count). The quantitative estimate of drug-likeness (QED) is 0.637. The molecule has 4 nitrogen and oxygen atoms in total. The molecular formula is C12H22N2O2. The lowest BCUT2D eigenvalue weighted by atomic mass is 9.84. The van der Waals surface area contributed by atoms with Crippen molar-refractivity contribution in [3.8, 4) is 0 Å². The molecule has 1 saturated carbocycles. The van der Waals surface area contributed by atoms with E-state index >= 15 is 0 Å². The summed E-state index contributed by atoms with van der Waals surface area (Å²) in [5, 5.41) is 27.2. The van der Waals surface area contributed by atoms with Crippen LogP contribution >= 0.6 is 0 Å². The molecule has 2 radical (unpaired) electrons. The Bertz CT molecular complexity index is 261. The molecule has 1 heterocycles. The normalized spacial score (nSPS) is 33.4. The Balaban J connectivity index is 2.41. The largest absolute Gasteiger partial charge is 0.128 e. The first-order chi connectivity index (χ1) is 7.27. The van der Waals surface area contributed by atoms with Gasteiger partial charge in [-0.05, 0) is 40.5 Å². The Morgan fingerprint density at radius 3 is 1.50 bits per heavy atom. The van der Waals surface area contributed by atoms with Crippen LogP contribution in [-0.2, 0) is 10.4 Å². The van der Waals surface area contributed by atoms with Crippen LogP contribution in [-0.4, -0.2) is 26.9 Å². The summed E-state index contributed by atoms with van der Waals surface area (Å²) in [6.07, 6.45) is 4.55. The van der Waals surface area contributed by atoms with Crippen LogP contribution < -0.4 is 0 Å². The molecule has 1 aliphatic carbocycles. The number of rotatable bonds is 0. The van der Waals surface area contributed by atoms with E-state index in [1.165, 1.54) is 0 Å². The Morgan fingerprint density at radius 2 is 1.12 bits per heavy atom. The molecule has 4 heteroatoms. The molecule has 2 fully saturated rings. The fourth-order valence-electron chi connectivity index (χ4n) is 3.14. The van der Waals surface area contributed by atoms with Crippen molar-refractivity contribution in [2.24, 2.45) is 0 Å². The van der Waals surface area contributed by atoms with Gasteiger partial charge in [-0.25, -0.2) is 0 Å². The van der Waals surface area contributed by atoms with Gasteiger partial charge in [-0.1, -0.05) is 19.3 Å². The average molecular weight is 226 g/mol. The summed E-state index contributed by atoms with van der Waals surface area (Å²) in [5.41, 5.74) is -2.02. The van der Waals surface area contributed by atoms with E-state index in [0.29, 0.717) is 12.8 Å². The van der Waals surface area contributed by atoms with E-state index < -0.39 is 16.7 Å². The first-order valence-electron chi connectivity index (χ1n) is 6.22. The van der Waals surface area contributed by atoms with Gasteiger partial charge in [-0.2, -0.15) is 0 Å². The lowest BCUT2D eigenvalue weighted by Crippen LogP contribution is -2.54. The molecule has 0 N–H and O–H groups in total. The Hall–Kier alpha value is -0.160. The lowest BCUT2D eigenvalue weighted by Gasteiger charge is -2.40. The molecular weight excluding hydrogens is 204 g/mol. The van der Waals surface area contributed by atoms with Gasteiger partial charge < -0.3 is 0 Å². The first-order valence-corrected chi connectivity index (χ1v) is 6.22. The van der Waals surface area contributed by atoms with E-state index in [-0.39, 0.29) is 0 Å². The second kappa shape index (κ2) is 3.42. The molecule has 92 valence electrons. The van der Waals surface area contributed by atoms with Gasteiger partial charge in [0.1, 0.15) is 5.66 Å². The number of hydroxylamine groups is 4. The molecule has 0 aromatic heterocycles. The predicted octanol–water partition coefficient (Wildman–Crippen LogP) is 2.51. The first kappa shape index (κ1) is 12.3. The lowest BCUT2D eigenvalue weighted by molar-refractivity contribution is -0.335. The summed E-state index contributed by atoms with van der Waals surface area (Å²) in [4.78, 5) is 0. The third-order valence-corrected chi connectivity index (χ3v) is 4.92. The van der Waals surface area contributed by atoms with Crippen LogP contribution in [0.5, 0.6) is 0 Å². The second-order valence-electron chi connectivity index (χ2n) is 6.25. The average Bonchev–Trinajstić information content (AvgIpc) is 2.34. The Morgan fingerprint density at radius 1 is 0.750 bits per heavy atom. The number of nitrogens with zero attached hydrogens (tertiary/aromatic N) is 2. The van der Waals surface area contributed by atoms with Gasteiger partial charge in [-0.15, -0.1) is 20.5 Å². The van der Waals surface area contributed by atoms with Crippen molar-refractivity contribution in [2.75, 3.05) is 0 Å². The minimum atomic E-state index is -0.786. The summed E-state index contributed by atoms with van der Waals surface area (Å²) < 4.78 is 0. The smallest absolute Gasteiger partial charge is 0.125 e. The summed E-state index contributed by atoms with van der Waals surface area (Å²) in [6, 6.07) is 0. The molecule has 1 aliphatic heterocycles. The van der Waals surface area contributed by atoms with Gasteiger partial charge in [0.15, 0.2) is 0 Å². The van der Waals surface area contributed by atoms with Crippen LogP contribution in [0.3, 0.4) is 0 Å². The molecule has 2 aliphatic rings. The van der Waals surface area contributed by atoms with Crippen LogP contribution in [0.4, 0.5) is 0 Å². The zero-order valence-corrected chi connectivity index (χ0v) is 10.7. The topological polar surface area (TPSA) is 46.3 Å². The minimum Gasteiger partial charge on any atom is -0.125 e. The van der Waals surface area contributed by atoms with Crippen molar-refractivity contribution in [3.05, 3.63) is 0 Å². The molecule has 0 unspecified atom stereocenters. The monoisotopic (exact) mass is 226 g/mol. The van der Waals surface area contributed by atoms with Gasteiger partial charge >= 0.3 is 0 Å². The zero-order valence-electron chi connectivity index (χ0n) is 10.7. The fraction of sp³-hybridized carbons (Fsp3) is 1.00. The number of hydrogen-bond acceptors (Lipinski definition) is 2. The van der Waals surface area contributed by atoms with E-state index in [1.54, 1.807) is 0 Å². The van der Waals surface area contributed by atoms with Crippen molar-refractivity contribution in [1.82, 2.24) is 10.1 Å². The van der Waals surface area contributed by atoms with E-state index in [4.69, 9.17) is 0 Å². The van der Waals surface area contributed by atoms with Crippen molar-refractivity contribution < 1.29 is 10.4 Å². The van der Waals surface area contributed by atoms with Gasteiger partial charge in [-0.3, -0.25) is 0 Å². The summed E-state index contributed by atoms with van der Waals surface area (Å²) >= 11 is 0. The predicted molar refractivity (Wildman–Crippen MR) is 59.0 cm³/mol. The highest BCUT2D eigenvalue weighted by Crippen LogP contribution is 2.52. The third kappa shape index (κ3) is 1.24. The van der Waals surface area contributed by atoms with Crippen LogP contribution in [0.25, 0.3) is 0 Å². The van der Waals surface area contributed by atoms with E-state index in [2.05, 4.69) is 0 Å². The molecule has 0 atom stereocenters. The zero-order chi connectivity index (χ0) is 12.2.